The molecule has 0 radical (unpaired) electrons. The maximum atomic E-state index is 4.42. The minimum Gasteiger partial charge on any atom is -0.308 e. The Balaban J connectivity index is 1.58. The third kappa shape index (κ3) is 3.40. The van der Waals surface area contributed by atoms with Crippen molar-refractivity contribution in [3.05, 3.63) is 70.2 Å². The van der Waals surface area contributed by atoms with E-state index in [-0.39, 0.29) is 0 Å². The first-order valence-electron chi connectivity index (χ1n) is 7.21. The predicted molar refractivity (Wildman–Crippen MR) is 87.8 cm³/mol. The molecule has 0 spiro atoms. The zero-order valence-corrected chi connectivity index (χ0v) is 12.9. The molecule has 2 aromatic heterocycles. The molecule has 1 aromatic carbocycles. The molecule has 21 heavy (non-hydrogen) atoms. The van der Waals surface area contributed by atoms with E-state index >= 15 is 0 Å². The van der Waals surface area contributed by atoms with Gasteiger partial charge in [-0.05, 0) is 35.6 Å². The fraction of sp³-hybridized carbons (Fsp3) is 0.235. The van der Waals surface area contributed by atoms with Crippen molar-refractivity contribution in [2.75, 3.05) is 0 Å². The van der Waals surface area contributed by atoms with Crippen LogP contribution in [0.1, 0.15) is 22.9 Å². The molecule has 0 amide bonds. The molecule has 1 N–H and O–H groups in total. The molecule has 2 heterocycles. The maximum absolute atomic E-state index is 4.42. The van der Waals surface area contributed by atoms with E-state index in [0.29, 0.717) is 0 Å². The number of benzene rings is 1. The van der Waals surface area contributed by atoms with Crippen LogP contribution in [0.2, 0.25) is 0 Å². The van der Waals surface area contributed by atoms with Gasteiger partial charge in [0.2, 0.25) is 0 Å². The molecule has 0 saturated heterocycles. The third-order valence-corrected chi connectivity index (χ3v) is 4.45. The highest BCUT2D eigenvalue weighted by Crippen LogP contribution is 2.17. The molecule has 0 atom stereocenters. The van der Waals surface area contributed by atoms with Gasteiger partial charge in [0.05, 0.1) is 11.9 Å². The van der Waals surface area contributed by atoms with Crippen molar-refractivity contribution in [1.82, 2.24) is 15.1 Å². The van der Waals surface area contributed by atoms with Crippen molar-refractivity contribution in [2.45, 2.75) is 26.4 Å². The van der Waals surface area contributed by atoms with Crippen molar-refractivity contribution in [2.24, 2.45) is 0 Å². The zero-order valence-electron chi connectivity index (χ0n) is 12.1. The molecule has 0 unspecified atom stereocenters. The molecule has 0 bridgehead atoms. The Bertz CT molecular complexity index is 685. The van der Waals surface area contributed by atoms with Crippen molar-refractivity contribution >= 4 is 11.3 Å². The molecule has 3 aromatic rings. The number of nitrogens with zero attached hydrogens (tertiary/aromatic N) is 2. The fourth-order valence-corrected chi connectivity index (χ4v) is 3.28. The SMILES string of the molecule is CCc1ccsc1CNCc1cnn(-c2ccccc2)c1. The molecular weight excluding hydrogens is 278 g/mol. The van der Waals surface area contributed by atoms with Crippen molar-refractivity contribution in [1.29, 1.82) is 0 Å². The van der Waals surface area contributed by atoms with Crippen LogP contribution in [0, 0.1) is 0 Å². The normalized spacial score (nSPS) is 10.9. The molecular formula is C17H19N3S. The number of aromatic nitrogens is 2. The van der Waals surface area contributed by atoms with E-state index in [1.165, 1.54) is 16.0 Å². The molecule has 0 fully saturated rings. The highest BCUT2D eigenvalue weighted by atomic mass is 32.1. The molecule has 3 rings (SSSR count). The van der Waals surface area contributed by atoms with Crippen LogP contribution in [0.5, 0.6) is 0 Å². The lowest BCUT2D eigenvalue weighted by molar-refractivity contribution is 0.696. The lowest BCUT2D eigenvalue weighted by Gasteiger charge is -2.03. The Hall–Kier alpha value is -1.91. The maximum Gasteiger partial charge on any atom is 0.0645 e. The zero-order chi connectivity index (χ0) is 14.5. The standard InChI is InChI=1S/C17H19N3S/c1-2-15-8-9-21-17(15)12-18-10-14-11-19-20(13-14)16-6-4-3-5-7-16/h3-9,11,13,18H,2,10,12H2,1H3. The van der Waals surface area contributed by atoms with Crippen molar-refractivity contribution in [3.8, 4) is 5.69 Å². The van der Waals surface area contributed by atoms with Crippen LogP contribution in [0.4, 0.5) is 0 Å². The van der Waals surface area contributed by atoms with Gasteiger partial charge in [-0.25, -0.2) is 4.68 Å². The molecule has 3 nitrogen and oxygen atoms in total. The number of rotatable bonds is 6. The highest BCUT2D eigenvalue weighted by Gasteiger charge is 2.03. The average molecular weight is 297 g/mol. The Morgan fingerprint density at radius 2 is 2.00 bits per heavy atom. The summed E-state index contributed by atoms with van der Waals surface area (Å²) in [6.45, 7) is 3.97. The van der Waals surface area contributed by atoms with Crippen molar-refractivity contribution < 1.29 is 0 Å². The summed E-state index contributed by atoms with van der Waals surface area (Å²) in [5.41, 5.74) is 3.75. The molecule has 108 valence electrons. The second-order valence-corrected chi connectivity index (χ2v) is 5.96. The van der Waals surface area contributed by atoms with Crippen LogP contribution in [0.15, 0.2) is 54.2 Å². The van der Waals surface area contributed by atoms with Gasteiger partial charge in [0, 0.05) is 29.7 Å². The quantitative estimate of drug-likeness (QED) is 0.750. The Morgan fingerprint density at radius 1 is 1.14 bits per heavy atom. The lowest BCUT2D eigenvalue weighted by Crippen LogP contribution is -2.12. The predicted octanol–water partition coefficient (Wildman–Crippen LogP) is 3.79. The largest absolute Gasteiger partial charge is 0.308 e. The van der Waals surface area contributed by atoms with Crippen LogP contribution in [-0.2, 0) is 19.5 Å². The van der Waals surface area contributed by atoms with E-state index in [2.05, 4.69) is 47.1 Å². The van der Waals surface area contributed by atoms with Crippen LogP contribution in [0.3, 0.4) is 0 Å². The summed E-state index contributed by atoms with van der Waals surface area (Å²) in [6.07, 6.45) is 5.11. The second-order valence-electron chi connectivity index (χ2n) is 4.95. The minimum absolute atomic E-state index is 0.841. The van der Waals surface area contributed by atoms with Crippen LogP contribution in [-0.4, -0.2) is 9.78 Å². The summed E-state index contributed by atoms with van der Waals surface area (Å²) in [5, 5.41) is 10.1. The molecule has 0 aliphatic carbocycles. The van der Waals surface area contributed by atoms with Gasteiger partial charge in [-0.3, -0.25) is 0 Å². The van der Waals surface area contributed by atoms with Gasteiger partial charge < -0.3 is 5.32 Å². The summed E-state index contributed by atoms with van der Waals surface area (Å²) in [7, 11) is 0. The van der Waals surface area contributed by atoms with Gasteiger partial charge in [-0.1, -0.05) is 25.1 Å². The minimum atomic E-state index is 0.841. The van der Waals surface area contributed by atoms with Crippen LogP contribution < -0.4 is 5.32 Å². The fourth-order valence-electron chi connectivity index (χ4n) is 2.33. The molecule has 0 aliphatic rings. The number of nitrogens with one attached hydrogen (secondary N) is 1. The van der Waals surface area contributed by atoms with Gasteiger partial charge in [0.25, 0.3) is 0 Å². The van der Waals surface area contributed by atoms with E-state index in [1.54, 1.807) is 0 Å². The number of aryl methyl sites for hydroxylation is 1. The monoisotopic (exact) mass is 297 g/mol. The topological polar surface area (TPSA) is 29.9 Å². The summed E-state index contributed by atoms with van der Waals surface area (Å²) < 4.78 is 1.92. The number of hydrogen-bond acceptors (Lipinski definition) is 3. The first-order chi connectivity index (χ1) is 10.4. The first-order valence-corrected chi connectivity index (χ1v) is 8.09. The van der Waals surface area contributed by atoms with E-state index < -0.39 is 0 Å². The van der Waals surface area contributed by atoms with E-state index in [0.717, 1.165) is 25.2 Å². The van der Waals surface area contributed by atoms with Crippen LogP contribution >= 0.6 is 11.3 Å². The third-order valence-electron chi connectivity index (χ3n) is 3.49. The smallest absolute Gasteiger partial charge is 0.0645 e. The van der Waals surface area contributed by atoms with E-state index in [9.17, 15) is 0 Å². The first kappa shape index (κ1) is 14.0. The number of para-hydroxylation sites is 1. The number of thiophene rings is 1. The Labute approximate surface area is 129 Å². The number of hydrogen-bond donors (Lipinski definition) is 1. The van der Waals surface area contributed by atoms with Gasteiger partial charge >= 0.3 is 0 Å². The molecule has 0 saturated carbocycles. The summed E-state index contributed by atoms with van der Waals surface area (Å²) in [6, 6.07) is 12.4. The Morgan fingerprint density at radius 3 is 2.81 bits per heavy atom. The van der Waals surface area contributed by atoms with Gasteiger partial charge in [0.1, 0.15) is 0 Å². The van der Waals surface area contributed by atoms with E-state index in [1.807, 2.05) is 40.4 Å². The summed E-state index contributed by atoms with van der Waals surface area (Å²) in [4.78, 5) is 1.44. The summed E-state index contributed by atoms with van der Waals surface area (Å²) in [5.74, 6) is 0. The molecule has 4 heteroatoms. The van der Waals surface area contributed by atoms with Gasteiger partial charge in [0.15, 0.2) is 0 Å². The average Bonchev–Trinajstić information content (AvgIpc) is 3.17. The van der Waals surface area contributed by atoms with E-state index in [4.69, 9.17) is 0 Å². The van der Waals surface area contributed by atoms with Gasteiger partial charge in [-0.15, -0.1) is 11.3 Å². The Kier molecular flexibility index (Phi) is 4.48. The van der Waals surface area contributed by atoms with Gasteiger partial charge in [-0.2, -0.15) is 5.10 Å². The molecule has 0 aliphatic heterocycles. The van der Waals surface area contributed by atoms with Crippen molar-refractivity contribution in [3.63, 3.8) is 0 Å². The lowest BCUT2D eigenvalue weighted by atomic mass is 10.2. The highest BCUT2D eigenvalue weighted by molar-refractivity contribution is 7.10. The summed E-state index contributed by atoms with van der Waals surface area (Å²) >= 11 is 1.83. The second kappa shape index (κ2) is 6.70. The van der Waals surface area contributed by atoms with Crippen LogP contribution in [0.25, 0.3) is 5.69 Å².